The van der Waals surface area contributed by atoms with Gasteiger partial charge in [0.2, 0.25) is 0 Å². The fraction of sp³-hybridized carbons (Fsp3) is 0.774. The second kappa shape index (κ2) is 9.43. The molecule has 6 aliphatic rings. The third kappa shape index (κ3) is 3.18. The molecule has 5 aliphatic carbocycles. The maximum atomic E-state index is 13.5. The topological polar surface area (TPSA) is 127 Å². The number of rotatable bonds is 7. The Bertz CT molecular complexity index is 1190. The molecule has 0 radical (unpaired) electrons. The molecule has 1 aromatic carbocycles. The minimum atomic E-state index is -1.60. The summed E-state index contributed by atoms with van der Waals surface area (Å²) >= 11 is 0. The second-order valence-corrected chi connectivity index (χ2v) is 13.6. The Labute approximate surface area is 240 Å². The standard InChI is InChI=1S/C31H43NO9/c1-32-13-29(14-37-2)17(33)11-18(38-3)31-16-12-30(36)26(41-28(35)15-9-7-6-8-10-15)19(16)20(22(34)27(30)40-5)21(25(31)32)23(39-4)24(29)31/h6-10,16-27,33-34,36H,11-14H2,1-5H3/t16-,17-,18+,19+,20+,21?,22-,23?,24?,25?,26-,27?,29+,30-,31+/m1/s1. The first-order valence-electron chi connectivity index (χ1n) is 14.8. The molecule has 0 aromatic heterocycles. The van der Waals surface area contributed by atoms with Gasteiger partial charge in [-0.05, 0) is 31.5 Å². The van der Waals surface area contributed by atoms with Gasteiger partial charge in [0, 0.05) is 81.9 Å². The summed E-state index contributed by atoms with van der Waals surface area (Å²) < 4.78 is 30.7. The lowest BCUT2D eigenvalue weighted by Gasteiger charge is -2.68. The number of likely N-dealkylation sites (tertiary alicyclic amines) is 1. The van der Waals surface area contributed by atoms with E-state index >= 15 is 0 Å². The van der Waals surface area contributed by atoms with Crippen molar-refractivity contribution in [3.8, 4) is 0 Å². The van der Waals surface area contributed by atoms with Crippen LogP contribution in [0.15, 0.2) is 30.3 Å². The lowest BCUT2D eigenvalue weighted by atomic mass is 9.43. The number of methoxy groups -OCH3 is 4. The van der Waals surface area contributed by atoms with Gasteiger partial charge in [-0.3, -0.25) is 0 Å². The Morgan fingerprint density at radius 3 is 2.37 bits per heavy atom. The average molecular weight is 574 g/mol. The smallest absolute Gasteiger partial charge is 0.338 e. The van der Waals surface area contributed by atoms with E-state index in [4.69, 9.17) is 23.7 Å². The van der Waals surface area contributed by atoms with E-state index in [1.807, 2.05) is 6.07 Å². The van der Waals surface area contributed by atoms with Crippen LogP contribution in [0.25, 0.3) is 0 Å². The molecule has 1 heterocycles. The van der Waals surface area contributed by atoms with Gasteiger partial charge in [0.15, 0.2) is 0 Å². The monoisotopic (exact) mass is 573 g/mol. The van der Waals surface area contributed by atoms with Crippen molar-refractivity contribution in [3.63, 3.8) is 0 Å². The molecule has 0 amide bonds. The van der Waals surface area contributed by atoms with Crippen molar-refractivity contribution in [1.29, 1.82) is 0 Å². The average Bonchev–Trinajstić information content (AvgIpc) is 3.32. The van der Waals surface area contributed by atoms with Crippen LogP contribution in [0.5, 0.6) is 0 Å². The van der Waals surface area contributed by atoms with Gasteiger partial charge in [-0.2, -0.15) is 0 Å². The first-order valence-corrected chi connectivity index (χ1v) is 14.8. The van der Waals surface area contributed by atoms with Crippen molar-refractivity contribution < 1.29 is 43.8 Å². The van der Waals surface area contributed by atoms with Crippen LogP contribution in [0.4, 0.5) is 0 Å². The number of hydrogen-bond acceptors (Lipinski definition) is 10. The predicted molar refractivity (Wildman–Crippen MR) is 145 cm³/mol. The van der Waals surface area contributed by atoms with Crippen LogP contribution in [-0.2, 0) is 23.7 Å². The number of aliphatic hydroxyl groups excluding tert-OH is 2. The van der Waals surface area contributed by atoms with E-state index in [2.05, 4.69) is 11.9 Å². The Morgan fingerprint density at radius 2 is 1.73 bits per heavy atom. The summed E-state index contributed by atoms with van der Waals surface area (Å²) in [4.78, 5) is 15.8. The number of fused-ring (bicyclic) bond motifs is 2. The Kier molecular flexibility index (Phi) is 6.48. The zero-order valence-corrected chi connectivity index (χ0v) is 24.4. The zero-order valence-electron chi connectivity index (χ0n) is 24.4. The number of benzene rings is 1. The molecular formula is C31H43NO9. The normalized spacial score (nSPS) is 52.9. The largest absolute Gasteiger partial charge is 0.455 e. The van der Waals surface area contributed by atoms with Gasteiger partial charge >= 0.3 is 5.97 Å². The van der Waals surface area contributed by atoms with Crippen molar-refractivity contribution in [2.45, 2.75) is 61.1 Å². The summed E-state index contributed by atoms with van der Waals surface area (Å²) in [5.41, 5.74) is -2.37. The maximum absolute atomic E-state index is 13.5. The van der Waals surface area contributed by atoms with E-state index in [0.29, 0.717) is 25.1 Å². The van der Waals surface area contributed by atoms with Gasteiger partial charge in [-0.15, -0.1) is 0 Å². The van der Waals surface area contributed by atoms with Crippen LogP contribution < -0.4 is 0 Å². The lowest BCUT2D eigenvalue weighted by Crippen LogP contribution is -2.77. The Balaban J connectivity index is 1.44. The molecule has 1 spiro atoms. The molecule has 226 valence electrons. The number of aliphatic hydroxyl groups is 3. The van der Waals surface area contributed by atoms with E-state index in [1.54, 1.807) is 45.6 Å². The molecule has 5 unspecified atom stereocenters. The van der Waals surface area contributed by atoms with Crippen molar-refractivity contribution in [1.82, 2.24) is 4.90 Å². The van der Waals surface area contributed by atoms with Crippen molar-refractivity contribution in [2.24, 2.45) is 40.4 Å². The van der Waals surface area contributed by atoms with Gasteiger partial charge in [0.1, 0.15) is 17.8 Å². The summed E-state index contributed by atoms with van der Waals surface area (Å²) in [7, 11) is 8.66. The van der Waals surface area contributed by atoms with Crippen LogP contribution >= 0.6 is 0 Å². The highest BCUT2D eigenvalue weighted by molar-refractivity contribution is 5.89. The van der Waals surface area contributed by atoms with Gasteiger partial charge in [0.25, 0.3) is 0 Å². The van der Waals surface area contributed by atoms with Crippen molar-refractivity contribution >= 4 is 5.97 Å². The number of carbonyl (C=O) groups excluding carboxylic acids is 1. The second-order valence-electron chi connectivity index (χ2n) is 13.6. The third-order valence-corrected chi connectivity index (χ3v) is 12.5. The highest BCUT2D eigenvalue weighted by Crippen LogP contribution is 2.79. The van der Waals surface area contributed by atoms with E-state index < -0.39 is 46.8 Å². The fourth-order valence-corrected chi connectivity index (χ4v) is 11.8. The highest BCUT2D eigenvalue weighted by Gasteiger charge is 2.87. The Morgan fingerprint density at radius 1 is 1.00 bits per heavy atom. The molecule has 10 nitrogen and oxygen atoms in total. The molecule has 3 N–H and O–H groups in total. The van der Waals surface area contributed by atoms with Crippen molar-refractivity contribution in [3.05, 3.63) is 35.9 Å². The van der Waals surface area contributed by atoms with E-state index in [0.717, 1.165) is 0 Å². The minimum Gasteiger partial charge on any atom is -0.455 e. The minimum absolute atomic E-state index is 0.0378. The maximum Gasteiger partial charge on any atom is 0.338 e. The van der Waals surface area contributed by atoms with Crippen LogP contribution in [0, 0.1) is 40.4 Å². The van der Waals surface area contributed by atoms with Crippen LogP contribution in [0.3, 0.4) is 0 Å². The molecule has 6 fully saturated rings. The number of nitrogens with zero attached hydrogens (tertiary/aromatic N) is 1. The number of esters is 1. The van der Waals surface area contributed by atoms with Gasteiger partial charge < -0.3 is 43.9 Å². The summed E-state index contributed by atoms with van der Waals surface area (Å²) in [6, 6.07) is 8.76. The zero-order chi connectivity index (χ0) is 29.1. The summed E-state index contributed by atoms with van der Waals surface area (Å²) in [6.07, 6.45) is -3.45. The number of piperidine rings is 1. The quantitative estimate of drug-likeness (QED) is 0.399. The molecule has 1 saturated heterocycles. The van der Waals surface area contributed by atoms with Crippen LogP contribution in [-0.4, -0.2) is 123 Å². The number of carbonyl (C=O) groups is 1. The molecule has 1 aliphatic heterocycles. The number of ether oxygens (including phenoxy) is 5. The molecule has 7 bridgehead atoms. The Hall–Kier alpha value is -1.63. The summed E-state index contributed by atoms with van der Waals surface area (Å²) in [5.74, 6) is -1.75. The fourth-order valence-electron chi connectivity index (χ4n) is 11.8. The number of hydrogen-bond donors (Lipinski definition) is 3. The summed E-state index contributed by atoms with van der Waals surface area (Å²) in [5, 5.41) is 36.3. The molecule has 15 atom stereocenters. The molecular weight excluding hydrogens is 530 g/mol. The van der Waals surface area contributed by atoms with E-state index in [-0.39, 0.29) is 54.3 Å². The van der Waals surface area contributed by atoms with E-state index in [9.17, 15) is 20.1 Å². The molecule has 10 heteroatoms. The lowest BCUT2D eigenvalue weighted by molar-refractivity contribution is -0.283. The van der Waals surface area contributed by atoms with Crippen molar-refractivity contribution in [2.75, 3.05) is 48.6 Å². The van der Waals surface area contributed by atoms with Crippen LogP contribution in [0.1, 0.15) is 23.2 Å². The molecule has 41 heavy (non-hydrogen) atoms. The first-order chi connectivity index (χ1) is 19.7. The van der Waals surface area contributed by atoms with Gasteiger partial charge in [-0.1, -0.05) is 18.2 Å². The SMILES string of the molecule is COC[C@]12CN(C)C3C4C(OC)C1[C@@]3([C@@H](OC)C[C@H]2O)[C@@H]1C[C@]2(O)C(OC)[C@H](O)[C@H]4[C@H]1[C@H]2OC(=O)c1ccccc1. The van der Waals surface area contributed by atoms with Gasteiger partial charge in [-0.25, -0.2) is 4.79 Å². The molecule has 1 aromatic rings. The predicted octanol–water partition coefficient (Wildman–Crippen LogP) is 0.572. The van der Waals surface area contributed by atoms with Crippen LogP contribution in [0.2, 0.25) is 0 Å². The molecule has 5 saturated carbocycles. The summed E-state index contributed by atoms with van der Waals surface area (Å²) in [6.45, 7) is 0.971. The van der Waals surface area contributed by atoms with E-state index in [1.165, 1.54) is 7.11 Å². The van der Waals surface area contributed by atoms with Gasteiger partial charge in [0.05, 0.1) is 36.6 Å². The third-order valence-electron chi connectivity index (χ3n) is 12.5. The first kappa shape index (κ1) is 28.2. The molecule has 7 rings (SSSR count). The highest BCUT2D eigenvalue weighted by atomic mass is 16.6.